The number of methoxy groups -OCH3 is 2. The molecule has 1 aromatic heterocycles. The van der Waals surface area contributed by atoms with E-state index in [-0.39, 0.29) is 11.6 Å². The van der Waals surface area contributed by atoms with Crippen LogP contribution in [0.1, 0.15) is 35.8 Å². The first-order valence-corrected chi connectivity index (χ1v) is 9.23. The molecule has 150 valence electrons. The molecule has 0 aliphatic rings. The minimum Gasteiger partial charge on any atom is -0.493 e. The van der Waals surface area contributed by atoms with E-state index in [9.17, 15) is 4.79 Å². The van der Waals surface area contributed by atoms with Gasteiger partial charge in [-0.2, -0.15) is 0 Å². The largest absolute Gasteiger partial charge is 0.493 e. The number of hydrogen-bond acceptors (Lipinski definition) is 6. The fraction of sp³-hybridized carbons (Fsp3) is 0.227. The van der Waals surface area contributed by atoms with Crippen molar-refractivity contribution in [3.8, 4) is 11.5 Å². The van der Waals surface area contributed by atoms with Gasteiger partial charge in [-0.25, -0.2) is 9.97 Å². The number of nitrogens with one attached hydrogen (secondary N) is 2. The zero-order valence-electron chi connectivity index (χ0n) is 16.9. The summed E-state index contributed by atoms with van der Waals surface area (Å²) >= 11 is 0. The molecule has 0 aliphatic heterocycles. The fourth-order valence-electron chi connectivity index (χ4n) is 2.91. The quantitative estimate of drug-likeness (QED) is 0.611. The third kappa shape index (κ3) is 4.82. The molecule has 2 N–H and O–H groups in total. The molecule has 7 heteroatoms. The number of carbonyl (C=O) groups is 1. The van der Waals surface area contributed by atoms with Gasteiger partial charge in [0.2, 0.25) is 0 Å². The van der Waals surface area contributed by atoms with Crippen LogP contribution in [-0.4, -0.2) is 30.1 Å². The van der Waals surface area contributed by atoms with Crippen molar-refractivity contribution in [1.29, 1.82) is 0 Å². The third-order valence-electron chi connectivity index (χ3n) is 4.39. The maximum Gasteiger partial charge on any atom is 0.274 e. The number of benzene rings is 2. The van der Waals surface area contributed by atoms with Crippen molar-refractivity contribution >= 4 is 23.1 Å². The van der Waals surface area contributed by atoms with E-state index in [4.69, 9.17) is 9.47 Å². The Kier molecular flexibility index (Phi) is 6.29. The molecule has 3 aromatic rings. The van der Waals surface area contributed by atoms with Crippen molar-refractivity contribution in [2.24, 2.45) is 0 Å². The molecule has 0 atom stereocenters. The van der Waals surface area contributed by atoms with Crippen LogP contribution >= 0.6 is 0 Å². The van der Waals surface area contributed by atoms with Gasteiger partial charge in [-0.1, -0.05) is 32.0 Å². The Hall–Kier alpha value is -3.61. The summed E-state index contributed by atoms with van der Waals surface area (Å²) in [5.74, 6) is 1.71. The minimum absolute atomic E-state index is 0.265. The molecule has 3 rings (SSSR count). The summed E-state index contributed by atoms with van der Waals surface area (Å²) in [6, 6.07) is 14.8. The zero-order valence-corrected chi connectivity index (χ0v) is 16.9. The first-order valence-electron chi connectivity index (χ1n) is 9.23. The number of ether oxygens (including phenoxy) is 2. The van der Waals surface area contributed by atoms with Crippen LogP contribution in [0.3, 0.4) is 0 Å². The highest BCUT2D eigenvalue weighted by atomic mass is 16.5. The molecule has 7 nitrogen and oxygen atoms in total. The van der Waals surface area contributed by atoms with Gasteiger partial charge in [0.25, 0.3) is 5.91 Å². The Morgan fingerprint density at radius 3 is 2.45 bits per heavy atom. The number of rotatable bonds is 7. The van der Waals surface area contributed by atoms with E-state index >= 15 is 0 Å². The number of hydrogen-bond donors (Lipinski definition) is 2. The summed E-state index contributed by atoms with van der Waals surface area (Å²) < 4.78 is 10.6. The van der Waals surface area contributed by atoms with Gasteiger partial charge in [-0.3, -0.25) is 4.79 Å². The molecule has 0 unspecified atom stereocenters. The van der Waals surface area contributed by atoms with Crippen LogP contribution in [0.4, 0.5) is 17.2 Å². The van der Waals surface area contributed by atoms with Crippen molar-refractivity contribution in [2.45, 2.75) is 19.8 Å². The molecule has 0 saturated heterocycles. The van der Waals surface area contributed by atoms with Crippen LogP contribution in [0.2, 0.25) is 0 Å². The molecule has 1 amide bonds. The van der Waals surface area contributed by atoms with Gasteiger partial charge >= 0.3 is 0 Å². The second kappa shape index (κ2) is 9.05. The molecule has 0 fully saturated rings. The molecular weight excluding hydrogens is 368 g/mol. The molecule has 2 aromatic carbocycles. The third-order valence-corrected chi connectivity index (χ3v) is 4.39. The van der Waals surface area contributed by atoms with E-state index in [1.54, 1.807) is 32.4 Å². The van der Waals surface area contributed by atoms with Gasteiger partial charge < -0.3 is 20.1 Å². The van der Waals surface area contributed by atoms with Gasteiger partial charge in [0.15, 0.2) is 11.5 Å². The van der Waals surface area contributed by atoms with Gasteiger partial charge in [0.1, 0.15) is 17.8 Å². The maximum atomic E-state index is 12.7. The molecule has 0 spiro atoms. The van der Waals surface area contributed by atoms with Crippen molar-refractivity contribution in [3.05, 3.63) is 66.1 Å². The first-order chi connectivity index (χ1) is 14.0. The van der Waals surface area contributed by atoms with Crippen molar-refractivity contribution in [1.82, 2.24) is 9.97 Å². The van der Waals surface area contributed by atoms with Crippen LogP contribution < -0.4 is 20.1 Å². The number of amides is 1. The molecule has 29 heavy (non-hydrogen) atoms. The molecule has 1 heterocycles. The fourth-order valence-corrected chi connectivity index (χ4v) is 2.91. The minimum atomic E-state index is -0.295. The molecule has 0 saturated carbocycles. The van der Waals surface area contributed by atoms with Crippen molar-refractivity contribution in [2.75, 3.05) is 24.9 Å². The molecular formula is C22H24N4O3. The Bertz CT molecular complexity index is 1000. The highest BCUT2D eigenvalue weighted by molar-refractivity contribution is 6.03. The number of nitrogens with zero attached hydrogens (tertiary/aromatic N) is 2. The van der Waals surface area contributed by atoms with Crippen LogP contribution in [-0.2, 0) is 0 Å². The smallest absolute Gasteiger partial charge is 0.274 e. The normalized spacial score (nSPS) is 10.5. The van der Waals surface area contributed by atoms with E-state index in [0.29, 0.717) is 23.2 Å². The van der Waals surface area contributed by atoms with Crippen molar-refractivity contribution < 1.29 is 14.3 Å². The SMILES string of the molecule is COc1ccc(Nc2cc(C(=O)Nc3ccccc3C(C)C)ncn2)cc1OC. The number of para-hydroxylation sites is 1. The van der Waals surface area contributed by atoms with Gasteiger partial charge in [0.05, 0.1) is 14.2 Å². The van der Waals surface area contributed by atoms with Gasteiger partial charge in [-0.15, -0.1) is 0 Å². The van der Waals surface area contributed by atoms with Crippen LogP contribution in [0.15, 0.2) is 54.9 Å². The Balaban J connectivity index is 1.78. The average Bonchev–Trinajstić information content (AvgIpc) is 2.74. The lowest BCUT2D eigenvalue weighted by Gasteiger charge is -2.14. The summed E-state index contributed by atoms with van der Waals surface area (Å²) in [5.41, 5.74) is 2.86. The second-order valence-electron chi connectivity index (χ2n) is 6.68. The monoisotopic (exact) mass is 392 g/mol. The summed E-state index contributed by atoms with van der Waals surface area (Å²) in [4.78, 5) is 21.0. The van der Waals surface area contributed by atoms with Crippen LogP contribution in [0, 0.1) is 0 Å². The van der Waals surface area contributed by atoms with Gasteiger partial charge in [-0.05, 0) is 29.7 Å². The van der Waals surface area contributed by atoms with Crippen LogP contribution in [0.5, 0.6) is 11.5 Å². The molecule has 0 radical (unpaired) electrons. The Morgan fingerprint density at radius 1 is 0.966 bits per heavy atom. The van der Waals surface area contributed by atoms with Crippen LogP contribution in [0.25, 0.3) is 0 Å². The predicted octanol–water partition coefficient (Wildman–Crippen LogP) is 4.61. The number of aromatic nitrogens is 2. The highest BCUT2D eigenvalue weighted by Gasteiger charge is 2.13. The average molecular weight is 392 g/mol. The molecule has 0 aliphatic carbocycles. The zero-order chi connectivity index (χ0) is 20.8. The van der Waals surface area contributed by atoms with E-state index in [1.165, 1.54) is 6.33 Å². The topological polar surface area (TPSA) is 85.4 Å². The lowest BCUT2D eigenvalue weighted by molar-refractivity contribution is 0.102. The molecule has 0 bridgehead atoms. The number of anilines is 3. The maximum absolute atomic E-state index is 12.7. The lowest BCUT2D eigenvalue weighted by Crippen LogP contribution is -2.15. The lowest BCUT2D eigenvalue weighted by atomic mass is 10.0. The summed E-state index contributed by atoms with van der Waals surface area (Å²) in [6.45, 7) is 4.17. The van der Waals surface area contributed by atoms with Crippen molar-refractivity contribution in [3.63, 3.8) is 0 Å². The second-order valence-corrected chi connectivity index (χ2v) is 6.68. The Labute approximate surface area is 170 Å². The van der Waals surface area contributed by atoms with E-state index in [2.05, 4.69) is 34.4 Å². The summed E-state index contributed by atoms with van der Waals surface area (Å²) in [6.07, 6.45) is 1.35. The number of carbonyl (C=O) groups excluding carboxylic acids is 1. The predicted molar refractivity (Wildman–Crippen MR) is 113 cm³/mol. The highest BCUT2D eigenvalue weighted by Crippen LogP contribution is 2.31. The summed E-state index contributed by atoms with van der Waals surface area (Å²) in [5, 5.41) is 6.09. The standard InChI is InChI=1S/C22H24N4O3/c1-14(2)16-7-5-6-8-17(16)26-22(27)18-12-21(24-13-23-18)25-15-9-10-19(28-3)20(11-15)29-4/h5-14H,1-4H3,(H,26,27)(H,23,24,25). The first kappa shape index (κ1) is 20.1. The van der Waals surface area contributed by atoms with Gasteiger partial charge in [0, 0.05) is 23.5 Å². The van der Waals surface area contributed by atoms with E-state index < -0.39 is 0 Å². The van der Waals surface area contributed by atoms with E-state index in [1.807, 2.05) is 30.3 Å². The van der Waals surface area contributed by atoms with E-state index in [0.717, 1.165) is 16.9 Å². The summed E-state index contributed by atoms with van der Waals surface area (Å²) in [7, 11) is 3.15. The Morgan fingerprint density at radius 2 is 1.72 bits per heavy atom.